The van der Waals surface area contributed by atoms with Crippen molar-refractivity contribution in [3.8, 4) is 0 Å². The predicted molar refractivity (Wildman–Crippen MR) is 225 cm³/mol. The molecular weight excluding hydrogens is 795 g/mol. The van der Waals surface area contributed by atoms with Crippen molar-refractivity contribution in [3.05, 3.63) is 11.9 Å². The number of ether oxygens (including phenoxy) is 4. The van der Waals surface area contributed by atoms with Crippen LogP contribution >= 0.6 is 23.5 Å². The fourth-order valence-corrected chi connectivity index (χ4v) is 5.44. The Morgan fingerprint density at radius 3 is 1.72 bits per heavy atom. The van der Waals surface area contributed by atoms with Gasteiger partial charge in [0.15, 0.2) is 6.61 Å². The molecule has 0 bridgehead atoms. The lowest BCUT2D eigenvalue weighted by Crippen LogP contribution is -2.45. The molecule has 5 amide bonds. The standard InChI is InChI=1S/C37H67N9O10S2/c1-35(2,3)10-14-52-16-18-54-19-17-53-15-13-46-23-28(43-45-46)24-55-34(51)39-12-11-38-30(47)20-40-31(48)21-41-32(49)22-42-33(50)25-56-44-29(26-57-36(4,5)6)27-58-37(7,8)9/h23H,10-22,24-27H2,1-9H3,(H,38,47)(H,39,51)(H,40,48)(H,41,49)(H,42,50). The predicted octanol–water partition coefficient (Wildman–Crippen LogP) is 1.89. The first-order chi connectivity index (χ1) is 27.2. The summed E-state index contributed by atoms with van der Waals surface area (Å²) in [5, 5.41) is 24.3. The van der Waals surface area contributed by atoms with Gasteiger partial charge in [-0.25, -0.2) is 9.48 Å². The normalized spacial score (nSPS) is 11.7. The van der Waals surface area contributed by atoms with Crippen molar-refractivity contribution in [2.45, 2.75) is 91.4 Å². The van der Waals surface area contributed by atoms with E-state index in [1.165, 1.54) is 0 Å². The number of carbonyl (C=O) groups excluding carboxylic acids is 5. The molecule has 0 unspecified atom stereocenters. The highest BCUT2D eigenvalue weighted by Gasteiger charge is 2.17. The van der Waals surface area contributed by atoms with E-state index >= 15 is 0 Å². The third-order valence-electron chi connectivity index (χ3n) is 6.93. The third kappa shape index (κ3) is 32.3. The Morgan fingerprint density at radius 2 is 1.17 bits per heavy atom. The zero-order valence-corrected chi connectivity index (χ0v) is 37.4. The summed E-state index contributed by atoms with van der Waals surface area (Å²) in [5.41, 5.74) is 1.52. The SMILES string of the molecule is CC(C)(C)CCOCCOCCOCCn1cc(COC(=O)NCCNC(=O)CNC(=O)CNC(=O)CNC(=O)CON=C(CSC(C)(C)C)CSC(C)(C)C)nn1. The summed E-state index contributed by atoms with van der Waals surface area (Å²) in [5.74, 6) is -0.943. The largest absolute Gasteiger partial charge is 0.443 e. The third-order valence-corrected chi connectivity index (χ3v) is 9.62. The molecule has 332 valence electrons. The van der Waals surface area contributed by atoms with E-state index in [1.54, 1.807) is 34.4 Å². The lowest BCUT2D eigenvalue weighted by atomic mass is 9.93. The monoisotopic (exact) mass is 861 g/mol. The van der Waals surface area contributed by atoms with E-state index in [0.29, 0.717) is 63.4 Å². The van der Waals surface area contributed by atoms with Gasteiger partial charge in [0, 0.05) is 40.7 Å². The molecule has 1 aromatic rings. The summed E-state index contributed by atoms with van der Waals surface area (Å²) in [7, 11) is 0. The van der Waals surface area contributed by atoms with E-state index in [1.807, 2.05) is 0 Å². The van der Waals surface area contributed by atoms with Crippen LogP contribution in [-0.4, -0.2) is 150 Å². The molecule has 0 aliphatic carbocycles. The number of oxime groups is 1. The lowest BCUT2D eigenvalue weighted by molar-refractivity contribution is -0.130. The van der Waals surface area contributed by atoms with Crippen molar-refractivity contribution in [2.24, 2.45) is 10.6 Å². The second kappa shape index (κ2) is 28.7. The van der Waals surface area contributed by atoms with Crippen molar-refractivity contribution in [3.63, 3.8) is 0 Å². The average molecular weight is 862 g/mol. The van der Waals surface area contributed by atoms with E-state index in [9.17, 15) is 24.0 Å². The first kappa shape index (κ1) is 52.4. The number of amides is 5. The summed E-state index contributed by atoms with van der Waals surface area (Å²) in [6.45, 7) is 21.3. The zero-order chi connectivity index (χ0) is 43.5. The van der Waals surface area contributed by atoms with E-state index in [-0.39, 0.29) is 54.3 Å². The molecule has 0 aliphatic heterocycles. The van der Waals surface area contributed by atoms with Crippen molar-refractivity contribution in [2.75, 3.05) is 90.5 Å². The van der Waals surface area contributed by atoms with Gasteiger partial charge in [0.05, 0.1) is 71.1 Å². The molecule has 0 spiro atoms. The van der Waals surface area contributed by atoms with E-state index < -0.39 is 36.3 Å². The van der Waals surface area contributed by atoms with Crippen LogP contribution in [0.15, 0.2) is 11.4 Å². The molecule has 0 saturated heterocycles. The van der Waals surface area contributed by atoms with Crippen LogP contribution in [-0.2, 0) is 56.1 Å². The van der Waals surface area contributed by atoms with Crippen LogP contribution in [0.3, 0.4) is 0 Å². The molecule has 0 aliphatic rings. The molecule has 0 radical (unpaired) electrons. The average Bonchev–Trinajstić information content (AvgIpc) is 3.59. The summed E-state index contributed by atoms with van der Waals surface area (Å²) in [6.07, 6.45) is 1.93. The Balaban J connectivity index is 2.11. The highest BCUT2D eigenvalue weighted by molar-refractivity contribution is 8.02. The minimum absolute atomic E-state index is 0.0447. The van der Waals surface area contributed by atoms with E-state index in [4.69, 9.17) is 23.8 Å². The molecule has 5 N–H and O–H groups in total. The number of alkyl carbamates (subject to hydrolysis) is 1. The fraction of sp³-hybridized carbons (Fsp3) is 0.784. The molecule has 0 fully saturated rings. The van der Waals surface area contributed by atoms with Gasteiger partial charge < -0.3 is 50.4 Å². The topological polar surface area (TPSA) is 235 Å². The van der Waals surface area contributed by atoms with Gasteiger partial charge in [-0.15, -0.1) is 28.6 Å². The van der Waals surface area contributed by atoms with Crippen molar-refractivity contribution < 1.29 is 47.8 Å². The van der Waals surface area contributed by atoms with Crippen molar-refractivity contribution >= 4 is 59.0 Å². The summed E-state index contributed by atoms with van der Waals surface area (Å²) in [4.78, 5) is 65.6. The van der Waals surface area contributed by atoms with Gasteiger partial charge >= 0.3 is 6.09 Å². The van der Waals surface area contributed by atoms with Crippen molar-refractivity contribution in [1.29, 1.82) is 0 Å². The minimum Gasteiger partial charge on any atom is -0.443 e. The summed E-state index contributed by atoms with van der Waals surface area (Å²) in [6, 6.07) is 0. The zero-order valence-electron chi connectivity index (χ0n) is 35.8. The molecule has 0 aromatic carbocycles. The Kier molecular flexibility index (Phi) is 25.9. The van der Waals surface area contributed by atoms with Crippen molar-refractivity contribution in [1.82, 2.24) is 41.6 Å². The Hall–Kier alpha value is -3.66. The molecule has 19 nitrogen and oxygen atoms in total. The van der Waals surface area contributed by atoms with Gasteiger partial charge in [0.2, 0.25) is 17.7 Å². The number of rotatable bonds is 29. The number of hydrogen-bond donors (Lipinski definition) is 5. The maximum Gasteiger partial charge on any atom is 0.407 e. The van der Waals surface area contributed by atoms with Crippen LogP contribution in [0.5, 0.6) is 0 Å². The molecule has 21 heteroatoms. The first-order valence-electron chi connectivity index (χ1n) is 19.3. The molecule has 1 heterocycles. The molecule has 0 saturated carbocycles. The Bertz CT molecular complexity index is 1390. The molecule has 0 atom stereocenters. The van der Waals surface area contributed by atoms with Crippen LogP contribution in [0.4, 0.5) is 4.79 Å². The highest BCUT2D eigenvalue weighted by atomic mass is 32.2. The number of nitrogens with zero attached hydrogens (tertiary/aromatic N) is 4. The quantitative estimate of drug-likeness (QED) is 0.0440. The Morgan fingerprint density at radius 1 is 0.672 bits per heavy atom. The maximum absolute atomic E-state index is 12.1. The summed E-state index contributed by atoms with van der Waals surface area (Å²) >= 11 is 3.46. The number of carbonyl (C=O) groups is 5. The maximum atomic E-state index is 12.1. The Labute approximate surface area is 351 Å². The summed E-state index contributed by atoms with van der Waals surface area (Å²) < 4.78 is 23.4. The van der Waals surface area contributed by atoms with Gasteiger partial charge in [0.25, 0.3) is 5.91 Å². The van der Waals surface area contributed by atoms with Gasteiger partial charge in [-0.2, -0.15) is 0 Å². The van der Waals surface area contributed by atoms with Gasteiger partial charge in [0.1, 0.15) is 12.3 Å². The van der Waals surface area contributed by atoms with Gasteiger partial charge in [-0.3, -0.25) is 19.2 Å². The highest BCUT2D eigenvalue weighted by Crippen LogP contribution is 2.27. The van der Waals surface area contributed by atoms with Gasteiger partial charge in [-0.05, 0) is 11.8 Å². The second-order valence-electron chi connectivity index (χ2n) is 16.0. The molecule has 58 heavy (non-hydrogen) atoms. The van der Waals surface area contributed by atoms with E-state index in [2.05, 4.69) is 104 Å². The van der Waals surface area contributed by atoms with Crippen LogP contribution in [0.25, 0.3) is 0 Å². The number of nitrogens with one attached hydrogen (secondary N) is 5. The minimum atomic E-state index is -0.710. The van der Waals surface area contributed by atoms with Crippen LogP contribution < -0.4 is 26.6 Å². The number of aromatic nitrogens is 3. The number of thioether (sulfide) groups is 2. The second-order valence-corrected chi connectivity index (χ2v) is 19.6. The molecule has 1 aromatic heterocycles. The van der Waals surface area contributed by atoms with Crippen LogP contribution in [0, 0.1) is 5.41 Å². The lowest BCUT2D eigenvalue weighted by Gasteiger charge is -2.20. The van der Waals surface area contributed by atoms with E-state index in [0.717, 1.165) is 12.1 Å². The van der Waals surface area contributed by atoms with Crippen LogP contribution in [0.1, 0.15) is 74.4 Å². The van der Waals surface area contributed by atoms with Gasteiger partial charge in [-0.1, -0.05) is 72.7 Å². The fourth-order valence-electron chi connectivity index (χ4n) is 3.80. The molecular formula is C37H67N9O10S2. The molecule has 1 rings (SSSR count). The first-order valence-corrected chi connectivity index (χ1v) is 21.2. The van der Waals surface area contributed by atoms with Crippen LogP contribution in [0.2, 0.25) is 0 Å². The smallest absolute Gasteiger partial charge is 0.407 e. The number of hydrogen-bond acceptors (Lipinski definition) is 15.